The highest BCUT2D eigenvalue weighted by Gasteiger charge is 2.46. The largest absolute Gasteiger partial charge is 0.478 e. The van der Waals surface area contributed by atoms with Crippen LogP contribution in [0.2, 0.25) is 0 Å². The number of nitrogens with one attached hydrogen (secondary N) is 1. The third-order valence-corrected chi connectivity index (χ3v) is 4.16. The molecule has 0 aromatic carbocycles. The predicted octanol–water partition coefficient (Wildman–Crippen LogP) is 2.58. The first kappa shape index (κ1) is 14.3. The van der Waals surface area contributed by atoms with Gasteiger partial charge >= 0.3 is 5.97 Å². The van der Waals surface area contributed by atoms with Crippen LogP contribution >= 0.6 is 0 Å². The lowest BCUT2D eigenvalue weighted by Crippen LogP contribution is -2.34. The summed E-state index contributed by atoms with van der Waals surface area (Å²) in [4.78, 5) is 28.0. The van der Waals surface area contributed by atoms with Gasteiger partial charge in [0.15, 0.2) is 0 Å². The number of carboxylic acids is 1. The van der Waals surface area contributed by atoms with Crippen LogP contribution in [0.3, 0.4) is 0 Å². The molecule has 1 aromatic heterocycles. The zero-order chi connectivity index (χ0) is 15.7. The lowest BCUT2D eigenvalue weighted by molar-refractivity contribution is -0.132. The van der Waals surface area contributed by atoms with Gasteiger partial charge in [0.05, 0.1) is 11.0 Å². The van der Waals surface area contributed by atoms with E-state index in [2.05, 4.69) is 16.9 Å². The summed E-state index contributed by atoms with van der Waals surface area (Å²) in [6.07, 6.45) is 8.13. The molecular weight excluding hydrogens is 280 g/mol. The Morgan fingerprint density at radius 3 is 3.05 bits per heavy atom. The minimum Gasteiger partial charge on any atom is -0.478 e. The van der Waals surface area contributed by atoms with Crippen LogP contribution in [-0.2, 0) is 15.0 Å². The second kappa shape index (κ2) is 5.26. The van der Waals surface area contributed by atoms with Gasteiger partial charge in [0.2, 0.25) is 5.91 Å². The smallest absolute Gasteiger partial charge is 0.335 e. The van der Waals surface area contributed by atoms with Gasteiger partial charge in [0.25, 0.3) is 0 Å². The van der Waals surface area contributed by atoms with E-state index < -0.39 is 11.4 Å². The third-order valence-electron chi connectivity index (χ3n) is 4.16. The number of rotatable bonds is 1. The average Bonchev–Trinajstić information content (AvgIpc) is 2.79. The molecule has 1 spiro atoms. The van der Waals surface area contributed by atoms with E-state index in [0.717, 1.165) is 5.56 Å². The van der Waals surface area contributed by atoms with Gasteiger partial charge in [-0.05, 0) is 31.4 Å². The van der Waals surface area contributed by atoms with Crippen LogP contribution in [-0.4, -0.2) is 22.0 Å². The van der Waals surface area contributed by atoms with Gasteiger partial charge in [-0.2, -0.15) is 0 Å². The first-order valence-electron chi connectivity index (χ1n) is 7.09. The molecule has 1 aromatic rings. The topological polar surface area (TPSA) is 79.3 Å². The van der Waals surface area contributed by atoms with E-state index in [-0.39, 0.29) is 11.5 Å². The molecule has 0 saturated carbocycles. The quantitative estimate of drug-likeness (QED) is 0.834. The fraction of sp³-hybridized carbons (Fsp3) is 0.235. The van der Waals surface area contributed by atoms with Gasteiger partial charge in [-0.1, -0.05) is 30.4 Å². The summed E-state index contributed by atoms with van der Waals surface area (Å²) in [5.41, 5.74) is 0.944. The molecule has 0 saturated heterocycles. The lowest BCUT2D eigenvalue weighted by atomic mass is 9.73. The minimum atomic E-state index is -0.994. The number of hydrogen-bond donors (Lipinski definition) is 2. The Morgan fingerprint density at radius 1 is 1.45 bits per heavy atom. The third kappa shape index (κ3) is 2.24. The number of carbonyl (C=O) groups is 2. The second-order valence-corrected chi connectivity index (χ2v) is 5.62. The molecule has 5 heteroatoms. The summed E-state index contributed by atoms with van der Waals surface area (Å²) < 4.78 is 0. The molecule has 112 valence electrons. The van der Waals surface area contributed by atoms with Crippen molar-refractivity contribution >= 4 is 17.7 Å². The summed E-state index contributed by atoms with van der Waals surface area (Å²) >= 11 is 0. The fourth-order valence-corrected chi connectivity index (χ4v) is 3.13. The Labute approximate surface area is 128 Å². The minimum absolute atomic E-state index is 0.0945. The number of carbonyl (C=O) groups excluding carboxylic acids is 1. The Bertz CT molecular complexity index is 733. The summed E-state index contributed by atoms with van der Waals surface area (Å²) in [5, 5.41) is 12.0. The van der Waals surface area contributed by atoms with Crippen LogP contribution < -0.4 is 5.32 Å². The molecule has 5 nitrogen and oxygen atoms in total. The number of pyridine rings is 1. The van der Waals surface area contributed by atoms with Crippen molar-refractivity contribution in [1.29, 1.82) is 0 Å². The summed E-state index contributed by atoms with van der Waals surface area (Å²) in [5.74, 6) is -0.500. The molecule has 0 fully saturated rings. The number of fused-ring (bicyclic) bond motifs is 2. The van der Waals surface area contributed by atoms with Gasteiger partial charge in [-0.25, -0.2) is 9.78 Å². The number of nitrogens with zero attached hydrogens (tertiary/aromatic N) is 1. The van der Waals surface area contributed by atoms with Crippen molar-refractivity contribution in [3.05, 3.63) is 59.8 Å². The van der Waals surface area contributed by atoms with E-state index in [4.69, 9.17) is 0 Å². The number of anilines is 1. The molecule has 0 radical (unpaired) electrons. The van der Waals surface area contributed by atoms with Crippen LogP contribution in [0, 0.1) is 0 Å². The van der Waals surface area contributed by atoms with E-state index in [1.165, 1.54) is 6.08 Å². The van der Waals surface area contributed by atoms with E-state index >= 15 is 0 Å². The molecule has 2 N–H and O–H groups in total. The molecule has 1 atom stereocenters. The number of hydrogen-bond acceptors (Lipinski definition) is 3. The average molecular weight is 296 g/mol. The van der Waals surface area contributed by atoms with Crippen LogP contribution in [0.5, 0.6) is 0 Å². The molecule has 3 rings (SSSR count). The SMILES string of the molecule is C=C1/C=C(C(=O)O)\C=C/CC[C@]2(C1)C(=O)Nc1ncccc12. The first-order valence-corrected chi connectivity index (χ1v) is 7.09. The zero-order valence-corrected chi connectivity index (χ0v) is 12.0. The summed E-state index contributed by atoms with van der Waals surface area (Å²) in [7, 11) is 0. The highest BCUT2D eigenvalue weighted by atomic mass is 16.4. The van der Waals surface area contributed by atoms with Crippen LogP contribution in [0.4, 0.5) is 5.82 Å². The van der Waals surface area contributed by atoms with E-state index in [0.29, 0.717) is 30.7 Å². The van der Waals surface area contributed by atoms with Gasteiger partial charge in [0, 0.05) is 11.8 Å². The monoisotopic (exact) mass is 296 g/mol. The Morgan fingerprint density at radius 2 is 2.27 bits per heavy atom. The predicted molar refractivity (Wildman–Crippen MR) is 82.4 cm³/mol. The molecular formula is C17H16N2O3. The maximum atomic E-state index is 12.6. The Hall–Kier alpha value is -2.69. The van der Waals surface area contributed by atoms with Crippen LogP contribution in [0.1, 0.15) is 24.8 Å². The zero-order valence-electron chi connectivity index (χ0n) is 12.0. The molecule has 1 aliphatic carbocycles. The van der Waals surface area contributed by atoms with Crippen molar-refractivity contribution in [2.75, 3.05) is 5.32 Å². The Balaban J connectivity index is 2.06. The van der Waals surface area contributed by atoms with Gasteiger partial charge < -0.3 is 10.4 Å². The normalized spacial score (nSPS) is 27.9. The van der Waals surface area contributed by atoms with Crippen molar-refractivity contribution < 1.29 is 14.7 Å². The standard InChI is InChI=1S/C17H16N2O3/c1-11-9-12(15(20)21)5-2-3-7-17(10-11)13-6-4-8-18-14(13)19-16(17)22/h2,4-6,8-9H,1,3,7,10H2,(H,20,21)(H,18,19,22)/b5-2-,12-9+/t17-/m1/s1. The maximum absolute atomic E-state index is 12.6. The van der Waals surface area contributed by atoms with Crippen molar-refractivity contribution in [3.63, 3.8) is 0 Å². The highest BCUT2D eigenvalue weighted by Crippen LogP contribution is 2.44. The van der Waals surface area contributed by atoms with Gasteiger partial charge in [-0.15, -0.1) is 0 Å². The van der Waals surface area contributed by atoms with Crippen molar-refractivity contribution in [2.24, 2.45) is 0 Å². The van der Waals surface area contributed by atoms with Crippen LogP contribution in [0.15, 0.2) is 54.3 Å². The first-order chi connectivity index (χ1) is 10.5. The molecule has 22 heavy (non-hydrogen) atoms. The molecule has 2 heterocycles. The second-order valence-electron chi connectivity index (χ2n) is 5.62. The molecule has 1 amide bonds. The summed E-state index contributed by atoms with van der Waals surface area (Å²) in [6, 6.07) is 3.71. The maximum Gasteiger partial charge on any atom is 0.335 e. The number of allylic oxidation sites excluding steroid dienone is 3. The van der Waals surface area contributed by atoms with E-state index in [1.807, 2.05) is 12.1 Å². The van der Waals surface area contributed by atoms with Gasteiger partial charge in [0.1, 0.15) is 5.82 Å². The number of aromatic nitrogens is 1. The number of amides is 1. The fourth-order valence-electron chi connectivity index (χ4n) is 3.13. The number of carboxylic acid groups (broad SMARTS) is 1. The van der Waals surface area contributed by atoms with Crippen molar-refractivity contribution in [1.82, 2.24) is 4.98 Å². The molecule has 1 aliphatic heterocycles. The Kier molecular flexibility index (Phi) is 3.41. The molecule has 0 unspecified atom stereocenters. The van der Waals surface area contributed by atoms with E-state index in [1.54, 1.807) is 18.3 Å². The summed E-state index contributed by atoms with van der Waals surface area (Å²) in [6.45, 7) is 3.94. The van der Waals surface area contributed by atoms with Crippen LogP contribution in [0.25, 0.3) is 0 Å². The van der Waals surface area contributed by atoms with Crippen molar-refractivity contribution in [3.8, 4) is 0 Å². The molecule has 2 aliphatic rings. The van der Waals surface area contributed by atoms with Gasteiger partial charge in [-0.3, -0.25) is 4.79 Å². The number of aliphatic carboxylic acids is 1. The highest BCUT2D eigenvalue weighted by molar-refractivity contribution is 6.05. The van der Waals surface area contributed by atoms with E-state index in [9.17, 15) is 14.7 Å². The molecule has 0 bridgehead atoms. The lowest BCUT2D eigenvalue weighted by Gasteiger charge is -2.27. The van der Waals surface area contributed by atoms with Crippen molar-refractivity contribution in [2.45, 2.75) is 24.7 Å².